The van der Waals surface area contributed by atoms with E-state index in [1.807, 2.05) is 27.7 Å². The number of ether oxygens (including phenoxy) is 1. The molecule has 0 aliphatic carbocycles. The molecule has 6 nitrogen and oxygen atoms in total. The third-order valence-corrected chi connectivity index (χ3v) is 4.28. The fraction of sp³-hybridized carbons (Fsp3) is 0.938. The van der Waals surface area contributed by atoms with Crippen LogP contribution in [0, 0.1) is 0 Å². The molecule has 1 aliphatic rings. The van der Waals surface area contributed by atoms with Crippen molar-refractivity contribution in [2.24, 2.45) is 5.73 Å². The Bertz CT molecular complexity index is 403. The van der Waals surface area contributed by atoms with E-state index < -0.39 is 36.0 Å². The Balaban J connectivity index is 2.39. The summed E-state index contributed by atoms with van der Waals surface area (Å²) in [4.78, 5) is 11.7. The Morgan fingerprint density at radius 3 is 2.09 bits per heavy atom. The van der Waals surface area contributed by atoms with Gasteiger partial charge in [0.05, 0.1) is 23.7 Å². The van der Waals surface area contributed by atoms with E-state index in [0.29, 0.717) is 12.8 Å². The molecule has 0 aromatic rings. The fourth-order valence-electron chi connectivity index (χ4n) is 2.26. The zero-order valence-electron chi connectivity index (χ0n) is 15.5. The van der Waals surface area contributed by atoms with Crippen LogP contribution >= 0.6 is 0 Å². The Labute approximate surface area is 140 Å². The molecule has 1 rings (SSSR count). The second-order valence-electron chi connectivity index (χ2n) is 8.31. The summed E-state index contributed by atoms with van der Waals surface area (Å²) in [6.07, 6.45) is 0.0804. The summed E-state index contributed by atoms with van der Waals surface area (Å²) >= 11 is 0. The normalized spacial score (nSPS) is 22.7. The van der Waals surface area contributed by atoms with Crippen LogP contribution in [-0.4, -0.2) is 47.0 Å². The average molecular weight is 329 g/mol. The number of hydrogen-bond donors (Lipinski definition) is 2. The molecule has 1 aliphatic heterocycles. The third-order valence-electron chi connectivity index (χ3n) is 4.28. The molecule has 0 aromatic carbocycles. The molecule has 1 saturated heterocycles. The lowest BCUT2D eigenvalue weighted by Crippen LogP contribution is -2.42. The van der Waals surface area contributed by atoms with Crippen molar-refractivity contribution in [3.8, 4) is 0 Å². The van der Waals surface area contributed by atoms with E-state index in [-0.39, 0.29) is 12.4 Å². The molecule has 1 heterocycles. The van der Waals surface area contributed by atoms with Crippen LogP contribution in [0.15, 0.2) is 0 Å². The van der Waals surface area contributed by atoms with E-state index in [1.54, 1.807) is 20.8 Å². The maximum Gasteiger partial charge on any atom is 0.475 e. The van der Waals surface area contributed by atoms with Gasteiger partial charge in [0, 0.05) is 5.94 Å². The second kappa shape index (κ2) is 7.09. The molecule has 0 amide bonds. The van der Waals surface area contributed by atoms with Crippen molar-refractivity contribution in [1.82, 2.24) is 0 Å². The van der Waals surface area contributed by atoms with Crippen molar-refractivity contribution in [1.29, 1.82) is 0 Å². The number of hydrogen-bond acceptors (Lipinski definition) is 6. The Morgan fingerprint density at radius 1 is 1.17 bits per heavy atom. The van der Waals surface area contributed by atoms with Gasteiger partial charge in [-0.15, -0.1) is 0 Å². The van der Waals surface area contributed by atoms with Crippen molar-refractivity contribution in [2.45, 2.75) is 96.6 Å². The molecule has 0 radical (unpaired) electrons. The van der Waals surface area contributed by atoms with Crippen molar-refractivity contribution < 1.29 is 23.9 Å². The number of carbonyl (C=O) groups is 1. The molecule has 0 bridgehead atoms. The maximum atomic E-state index is 11.7. The first-order valence-electron chi connectivity index (χ1n) is 8.25. The first-order chi connectivity index (χ1) is 10.2. The van der Waals surface area contributed by atoms with Gasteiger partial charge in [0.15, 0.2) is 0 Å². The smallest absolute Gasteiger partial charge is 0.460 e. The number of nitrogens with two attached hydrogens (primary N) is 1. The SMILES string of the molecule is CC(C)(C)OC(=O)C[C@@H](O)CC[C@H](N)B1OC(C)(C)C(C)(C)O1. The lowest BCUT2D eigenvalue weighted by atomic mass is 9.76. The van der Waals surface area contributed by atoms with Crippen LogP contribution in [0.1, 0.15) is 67.7 Å². The molecular formula is C16H32BNO5. The average Bonchev–Trinajstić information content (AvgIpc) is 2.53. The van der Waals surface area contributed by atoms with Gasteiger partial charge < -0.3 is 24.9 Å². The minimum absolute atomic E-state index is 0.0344. The Hall–Kier alpha value is -0.625. The Morgan fingerprint density at radius 2 is 1.65 bits per heavy atom. The molecule has 0 spiro atoms. The number of rotatable bonds is 6. The van der Waals surface area contributed by atoms with Crippen LogP contribution in [0.4, 0.5) is 0 Å². The van der Waals surface area contributed by atoms with Gasteiger partial charge >= 0.3 is 13.1 Å². The molecule has 2 atom stereocenters. The first-order valence-corrected chi connectivity index (χ1v) is 8.25. The Kier molecular flexibility index (Phi) is 6.30. The lowest BCUT2D eigenvalue weighted by molar-refractivity contribution is -0.157. The van der Waals surface area contributed by atoms with Gasteiger partial charge in [-0.1, -0.05) is 0 Å². The van der Waals surface area contributed by atoms with E-state index in [9.17, 15) is 9.90 Å². The summed E-state index contributed by atoms with van der Waals surface area (Å²) in [5.74, 6) is -0.765. The minimum atomic E-state index is -0.779. The highest BCUT2D eigenvalue weighted by Crippen LogP contribution is 2.37. The number of esters is 1. The minimum Gasteiger partial charge on any atom is -0.460 e. The third kappa shape index (κ3) is 6.06. The maximum absolute atomic E-state index is 11.7. The van der Waals surface area contributed by atoms with E-state index in [1.165, 1.54) is 0 Å². The van der Waals surface area contributed by atoms with Crippen LogP contribution in [0.25, 0.3) is 0 Å². The van der Waals surface area contributed by atoms with Crippen molar-refractivity contribution in [3.05, 3.63) is 0 Å². The molecule has 1 fully saturated rings. The van der Waals surface area contributed by atoms with Gasteiger partial charge in [-0.25, -0.2) is 0 Å². The molecule has 0 aromatic heterocycles. The predicted molar refractivity (Wildman–Crippen MR) is 89.8 cm³/mol. The van der Waals surface area contributed by atoms with Gasteiger partial charge in [0.1, 0.15) is 5.60 Å². The van der Waals surface area contributed by atoms with E-state index in [4.69, 9.17) is 19.8 Å². The van der Waals surface area contributed by atoms with Crippen LogP contribution in [0.2, 0.25) is 0 Å². The molecule has 3 N–H and O–H groups in total. The van der Waals surface area contributed by atoms with E-state index >= 15 is 0 Å². The lowest BCUT2D eigenvalue weighted by Gasteiger charge is -2.32. The summed E-state index contributed by atoms with van der Waals surface area (Å²) in [6, 6.07) is 0. The standard InChI is InChI=1S/C16H32BNO5/c1-14(2,3)21-13(20)10-11(19)8-9-12(18)17-22-15(4,5)16(6,7)23-17/h11-12,19H,8-10,18H2,1-7H3/t11-,12-/m0/s1. The molecule has 134 valence electrons. The summed E-state index contributed by atoms with van der Waals surface area (Å²) in [7, 11) is -0.506. The highest BCUT2D eigenvalue weighted by Gasteiger charge is 2.52. The number of aliphatic hydroxyl groups is 1. The molecule has 0 unspecified atom stereocenters. The van der Waals surface area contributed by atoms with Crippen molar-refractivity contribution >= 4 is 13.1 Å². The fourth-order valence-corrected chi connectivity index (χ4v) is 2.26. The number of carbonyl (C=O) groups excluding carboxylic acids is 1. The van der Waals surface area contributed by atoms with Crippen LogP contribution in [0.3, 0.4) is 0 Å². The monoisotopic (exact) mass is 329 g/mol. The van der Waals surface area contributed by atoms with Gasteiger partial charge in [-0.2, -0.15) is 0 Å². The van der Waals surface area contributed by atoms with Gasteiger partial charge in [-0.3, -0.25) is 4.79 Å². The predicted octanol–water partition coefficient (Wildman–Crippen LogP) is 1.82. The zero-order valence-corrected chi connectivity index (χ0v) is 15.5. The van der Waals surface area contributed by atoms with Gasteiger partial charge in [-0.05, 0) is 61.3 Å². The largest absolute Gasteiger partial charge is 0.475 e. The van der Waals surface area contributed by atoms with Crippen LogP contribution in [0.5, 0.6) is 0 Å². The molecule has 23 heavy (non-hydrogen) atoms. The number of aliphatic hydroxyl groups excluding tert-OH is 1. The quantitative estimate of drug-likeness (QED) is 0.570. The molecule has 7 heteroatoms. The zero-order chi connectivity index (χ0) is 18.1. The summed E-state index contributed by atoms with van der Waals surface area (Å²) in [6.45, 7) is 13.3. The molecular weight excluding hydrogens is 297 g/mol. The van der Waals surface area contributed by atoms with Gasteiger partial charge in [0.2, 0.25) is 0 Å². The van der Waals surface area contributed by atoms with Crippen molar-refractivity contribution in [2.75, 3.05) is 0 Å². The highest BCUT2D eigenvalue weighted by molar-refractivity contribution is 6.47. The topological polar surface area (TPSA) is 91.0 Å². The van der Waals surface area contributed by atoms with Crippen molar-refractivity contribution in [3.63, 3.8) is 0 Å². The first kappa shape index (κ1) is 20.4. The molecule has 0 saturated carbocycles. The summed E-state index contributed by atoms with van der Waals surface area (Å²) in [5, 5.41) is 9.98. The summed E-state index contributed by atoms with van der Waals surface area (Å²) < 4.78 is 17.0. The van der Waals surface area contributed by atoms with Crippen LogP contribution in [-0.2, 0) is 18.8 Å². The highest BCUT2D eigenvalue weighted by atomic mass is 16.7. The van der Waals surface area contributed by atoms with E-state index in [2.05, 4.69) is 0 Å². The van der Waals surface area contributed by atoms with E-state index in [0.717, 1.165) is 0 Å². The van der Waals surface area contributed by atoms with Gasteiger partial charge in [0.25, 0.3) is 0 Å². The van der Waals surface area contributed by atoms with Crippen LogP contribution < -0.4 is 5.73 Å². The second-order valence-corrected chi connectivity index (χ2v) is 8.31. The summed E-state index contributed by atoms with van der Waals surface area (Å²) in [5.41, 5.74) is 4.73.